The number of ether oxygens (including phenoxy) is 1. The number of carboxylic acids is 1. The molecule has 10 heteroatoms. The maximum absolute atomic E-state index is 13.3. The lowest BCUT2D eigenvalue weighted by Gasteiger charge is -2.16. The van der Waals surface area contributed by atoms with Crippen LogP contribution in [0.1, 0.15) is 42.0 Å². The molecule has 0 spiro atoms. The molecule has 0 aliphatic carbocycles. The highest BCUT2D eigenvalue weighted by Crippen LogP contribution is 2.33. The van der Waals surface area contributed by atoms with E-state index in [1.54, 1.807) is 32.9 Å². The minimum atomic E-state index is -4.59. The highest BCUT2D eigenvalue weighted by molar-refractivity contribution is 6.01. The van der Waals surface area contributed by atoms with E-state index in [4.69, 9.17) is 9.84 Å². The minimum absolute atomic E-state index is 0.0233. The van der Waals surface area contributed by atoms with E-state index in [0.717, 1.165) is 12.1 Å². The fourth-order valence-electron chi connectivity index (χ4n) is 3.01. The average Bonchev–Trinajstić information content (AvgIpc) is 2.65. The number of aliphatic carboxylic acids is 1. The molecule has 2 amide bonds. The molecule has 2 aromatic rings. The van der Waals surface area contributed by atoms with Crippen molar-refractivity contribution in [3.63, 3.8) is 0 Å². The molecule has 7 nitrogen and oxygen atoms in total. The molecule has 0 aliphatic heterocycles. The van der Waals surface area contributed by atoms with E-state index in [0.29, 0.717) is 22.6 Å². The summed E-state index contributed by atoms with van der Waals surface area (Å²) in [5.41, 5.74) is 0.903. The number of benzene rings is 2. The van der Waals surface area contributed by atoms with Crippen LogP contribution in [-0.4, -0.2) is 22.9 Å². The molecule has 3 N–H and O–H groups in total. The lowest BCUT2D eigenvalue weighted by Crippen LogP contribution is -2.16. The largest absolute Gasteiger partial charge is 0.488 e. The van der Waals surface area contributed by atoms with Gasteiger partial charge in [0, 0.05) is 17.8 Å². The zero-order valence-electron chi connectivity index (χ0n) is 17.7. The number of amides is 2. The van der Waals surface area contributed by atoms with Crippen LogP contribution in [0.25, 0.3) is 0 Å². The Labute approximate surface area is 182 Å². The zero-order chi connectivity index (χ0) is 24.1. The predicted molar refractivity (Wildman–Crippen MR) is 111 cm³/mol. The topological polar surface area (TPSA) is 105 Å². The number of rotatable bonds is 8. The summed E-state index contributed by atoms with van der Waals surface area (Å²) in [4.78, 5) is 33.9. The quantitative estimate of drug-likeness (QED) is 0.505. The molecule has 0 aliphatic rings. The number of hydrogen-bond acceptors (Lipinski definition) is 4. The Morgan fingerprint density at radius 2 is 1.50 bits per heavy atom. The van der Waals surface area contributed by atoms with E-state index in [1.807, 2.05) is 0 Å². The van der Waals surface area contributed by atoms with Crippen molar-refractivity contribution in [1.29, 1.82) is 0 Å². The predicted octanol–water partition coefficient (Wildman–Crippen LogP) is 4.66. The molecular formula is C22H23F3N2O5. The van der Waals surface area contributed by atoms with Gasteiger partial charge in [-0.2, -0.15) is 13.2 Å². The fourth-order valence-corrected chi connectivity index (χ4v) is 3.01. The number of halogens is 3. The maximum atomic E-state index is 13.3. The summed E-state index contributed by atoms with van der Waals surface area (Å²) in [5.74, 6) is -1.94. The summed E-state index contributed by atoms with van der Waals surface area (Å²) in [7, 11) is 0. The molecule has 0 atom stereocenters. The van der Waals surface area contributed by atoms with Gasteiger partial charge in [-0.15, -0.1) is 0 Å². The van der Waals surface area contributed by atoms with Gasteiger partial charge < -0.3 is 20.5 Å². The van der Waals surface area contributed by atoms with Crippen molar-refractivity contribution in [2.75, 3.05) is 10.6 Å². The van der Waals surface area contributed by atoms with Gasteiger partial charge in [0.1, 0.15) is 18.8 Å². The summed E-state index contributed by atoms with van der Waals surface area (Å²) in [5, 5.41) is 13.6. The maximum Gasteiger partial charge on any atom is 0.416 e. The monoisotopic (exact) mass is 452 g/mol. The number of aryl methyl sites for hydroxylation is 2. The second-order valence-electron chi connectivity index (χ2n) is 7.16. The number of nitrogens with one attached hydrogen (secondary N) is 2. The first-order chi connectivity index (χ1) is 14.9. The molecule has 0 saturated carbocycles. The Kier molecular flexibility index (Phi) is 7.85. The first-order valence-electron chi connectivity index (χ1n) is 9.65. The molecule has 172 valence electrons. The van der Waals surface area contributed by atoms with Crippen LogP contribution in [0, 0.1) is 13.8 Å². The van der Waals surface area contributed by atoms with Gasteiger partial charge in [0.15, 0.2) is 0 Å². The first-order valence-corrected chi connectivity index (χ1v) is 9.65. The van der Waals surface area contributed by atoms with E-state index >= 15 is 0 Å². The van der Waals surface area contributed by atoms with Gasteiger partial charge in [-0.25, -0.2) is 0 Å². The first kappa shape index (κ1) is 24.7. The van der Waals surface area contributed by atoms with Crippen LogP contribution < -0.4 is 15.4 Å². The van der Waals surface area contributed by atoms with Crippen molar-refractivity contribution in [2.24, 2.45) is 0 Å². The lowest BCUT2D eigenvalue weighted by molar-refractivity contribution is -0.140. The Morgan fingerprint density at radius 1 is 0.938 bits per heavy atom. The van der Waals surface area contributed by atoms with Crippen LogP contribution >= 0.6 is 0 Å². The van der Waals surface area contributed by atoms with Gasteiger partial charge in [0.25, 0.3) is 0 Å². The fraction of sp³-hybridized carbons (Fsp3) is 0.318. The summed E-state index contributed by atoms with van der Waals surface area (Å²) in [6.45, 7) is 4.78. The molecule has 0 heterocycles. The van der Waals surface area contributed by atoms with Crippen LogP contribution in [0.3, 0.4) is 0 Å². The summed E-state index contributed by atoms with van der Waals surface area (Å²) < 4.78 is 45.5. The molecular weight excluding hydrogens is 429 g/mol. The molecule has 0 saturated heterocycles. The number of carboxylic acid groups (broad SMARTS) is 1. The van der Waals surface area contributed by atoms with E-state index < -0.39 is 35.9 Å². The zero-order valence-corrected chi connectivity index (χ0v) is 17.7. The molecule has 2 aromatic carbocycles. The van der Waals surface area contributed by atoms with Gasteiger partial charge in [0.2, 0.25) is 11.8 Å². The van der Waals surface area contributed by atoms with Crippen molar-refractivity contribution >= 4 is 29.2 Å². The molecule has 0 unspecified atom stereocenters. The van der Waals surface area contributed by atoms with Crippen molar-refractivity contribution < 1.29 is 37.4 Å². The Hall–Kier alpha value is -3.56. The number of alkyl halides is 3. The normalized spacial score (nSPS) is 11.1. The number of carbonyl (C=O) groups is 3. The molecule has 0 aromatic heterocycles. The second kappa shape index (κ2) is 10.2. The van der Waals surface area contributed by atoms with Gasteiger partial charge in [-0.3, -0.25) is 14.4 Å². The highest BCUT2D eigenvalue weighted by atomic mass is 19.4. The second-order valence-corrected chi connectivity index (χ2v) is 7.16. The van der Waals surface area contributed by atoms with Gasteiger partial charge in [-0.1, -0.05) is 6.92 Å². The van der Waals surface area contributed by atoms with Gasteiger partial charge in [-0.05, 0) is 60.9 Å². The van der Waals surface area contributed by atoms with Crippen molar-refractivity contribution in [3.05, 3.63) is 52.6 Å². The molecule has 0 fully saturated rings. The average molecular weight is 452 g/mol. The van der Waals surface area contributed by atoms with Crippen molar-refractivity contribution in [2.45, 2.75) is 46.4 Å². The Bertz CT molecular complexity index is 1010. The van der Waals surface area contributed by atoms with Gasteiger partial charge in [0.05, 0.1) is 5.56 Å². The van der Waals surface area contributed by atoms with Crippen LogP contribution in [-0.2, 0) is 27.2 Å². The third kappa shape index (κ3) is 7.00. The highest BCUT2D eigenvalue weighted by Gasteiger charge is 2.31. The molecule has 32 heavy (non-hydrogen) atoms. The lowest BCUT2D eigenvalue weighted by atomic mass is 10.1. The molecule has 0 radical (unpaired) electrons. The third-order valence-corrected chi connectivity index (χ3v) is 4.36. The third-order valence-electron chi connectivity index (χ3n) is 4.36. The van der Waals surface area contributed by atoms with Crippen molar-refractivity contribution in [1.82, 2.24) is 0 Å². The summed E-state index contributed by atoms with van der Waals surface area (Å²) in [6.07, 6.45) is -5.15. The van der Waals surface area contributed by atoms with E-state index in [-0.39, 0.29) is 24.3 Å². The number of anilines is 2. The number of carbonyl (C=O) groups excluding carboxylic acids is 2. The Morgan fingerprint density at radius 3 is 2.03 bits per heavy atom. The Balaban J connectivity index is 2.23. The van der Waals surface area contributed by atoms with E-state index in [1.165, 1.54) is 6.07 Å². The standard InChI is InChI=1S/C22H23F3N2O5/c1-4-18(28)26-17-8-14(7-15(9-17)22(23,24)25)11-32-21-12(2)5-16(6-13(21)3)27-19(29)10-20(30)31/h5-9H,4,10-11H2,1-3H3,(H,26,28)(H,27,29)(H,30,31). The smallest absolute Gasteiger partial charge is 0.416 e. The molecule has 0 bridgehead atoms. The SMILES string of the molecule is CCC(=O)Nc1cc(COc2c(C)cc(NC(=O)CC(=O)O)cc2C)cc(C(F)(F)F)c1. The van der Waals surface area contributed by atoms with Crippen LogP contribution in [0.4, 0.5) is 24.5 Å². The van der Waals surface area contributed by atoms with Crippen LogP contribution in [0.5, 0.6) is 5.75 Å². The number of hydrogen-bond donors (Lipinski definition) is 3. The van der Waals surface area contributed by atoms with E-state index in [2.05, 4.69) is 10.6 Å². The molecule has 2 rings (SSSR count). The van der Waals surface area contributed by atoms with E-state index in [9.17, 15) is 27.6 Å². The summed E-state index contributed by atoms with van der Waals surface area (Å²) >= 11 is 0. The van der Waals surface area contributed by atoms with Crippen LogP contribution in [0.15, 0.2) is 30.3 Å². The van der Waals surface area contributed by atoms with Crippen LogP contribution in [0.2, 0.25) is 0 Å². The summed E-state index contributed by atoms with van der Waals surface area (Å²) in [6, 6.07) is 6.37. The van der Waals surface area contributed by atoms with Crippen molar-refractivity contribution in [3.8, 4) is 5.75 Å². The minimum Gasteiger partial charge on any atom is -0.488 e. The van der Waals surface area contributed by atoms with Gasteiger partial charge >= 0.3 is 12.1 Å².